The van der Waals surface area contributed by atoms with Gasteiger partial charge in [-0.05, 0) is 12.8 Å². The molecule has 15 heavy (non-hydrogen) atoms. The maximum atomic E-state index is 5.40. The maximum absolute atomic E-state index is 5.40. The van der Waals surface area contributed by atoms with Crippen LogP contribution in [0.2, 0.25) is 0 Å². The van der Waals surface area contributed by atoms with E-state index in [0.717, 1.165) is 25.9 Å². The van der Waals surface area contributed by atoms with Gasteiger partial charge in [-0.1, -0.05) is 5.10 Å². The molecule has 0 amide bonds. The van der Waals surface area contributed by atoms with Crippen LogP contribution in [-0.4, -0.2) is 36.5 Å². The summed E-state index contributed by atoms with van der Waals surface area (Å²) < 4.78 is 10.7. The molecule has 0 radical (unpaired) electrons. The van der Waals surface area contributed by atoms with Crippen molar-refractivity contribution in [2.24, 2.45) is 5.73 Å². The van der Waals surface area contributed by atoms with Crippen LogP contribution < -0.4 is 10.6 Å². The molecule has 0 aromatic carbocycles. The minimum Gasteiger partial charge on any atom is -0.407 e. The van der Waals surface area contributed by atoms with E-state index < -0.39 is 0 Å². The van der Waals surface area contributed by atoms with E-state index in [1.807, 2.05) is 0 Å². The van der Waals surface area contributed by atoms with Gasteiger partial charge in [0.05, 0.1) is 12.6 Å². The number of anilines is 1. The quantitative estimate of drug-likeness (QED) is 0.768. The van der Waals surface area contributed by atoms with Crippen LogP contribution in [0.5, 0.6) is 0 Å². The average molecular weight is 212 g/mol. The van der Waals surface area contributed by atoms with Crippen LogP contribution in [0.4, 0.5) is 6.01 Å². The lowest BCUT2D eigenvalue weighted by Crippen LogP contribution is -2.36. The van der Waals surface area contributed by atoms with Crippen LogP contribution in [0.3, 0.4) is 0 Å². The van der Waals surface area contributed by atoms with E-state index in [1.165, 1.54) is 0 Å². The van der Waals surface area contributed by atoms with Gasteiger partial charge in [-0.2, -0.15) is 0 Å². The molecule has 1 aliphatic rings. The van der Waals surface area contributed by atoms with Gasteiger partial charge >= 0.3 is 6.01 Å². The van der Waals surface area contributed by atoms with E-state index in [0.29, 0.717) is 24.6 Å². The van der Waals surface area contributed by atoms with Gasteiger partial charge in [-0.3, -0.25) is 0 Å². The average Bonchev–Trinajstić information content (AvgIpc) is 2.78. The van der Waals surface area contributed by atoms with E-state index in [1.54, 1.807) is 7.11 Å². The number of rotatable bonds is 3. The summed E-state index contributed by atoms with van der Waals surface area (Å²) in [5, 5.41) is 7.78. The Balaban J connectivity index is 1.95. The molecule has 1 aromatic heterocycles. The predicted octanol–water partition coefficient (Wildman–Crippen LogP) is 0.143. The molecule has 84 valence electrons. The van der Waals surface area contributed by atoms with Crippen molar-refractivity contribution in [2.45, 2.75) is 25.5 Å². The fraction of sp³-hybridized carbons (Fsp3) is 0.778. The topological polar surface area (TPSA) is 77.4 Å². The molecule has 2 heterocycles. The van der Waals surface area contributed by atoms with Gasteiger partial charge < -0.3 is 19.8 Å². The highest BCUT2D eigenvalue weighted by Crippen LogP contribution is 2.19. The van der Waals surface area contributed by atoms with Crippen LogP contribution >= 0.6 is 0 Å². The Kier molecular flexibility index (Phi) is 3.17. The number of methoxy groups -OCH3 is 1. The molecular weight excluding hydrogens is 196 g/mol. The zero-order valence-corrected chi connectivity index (χ0v) is 8.85. The van der Waals surface area contributed by atoms with E-state index in [-0.39, 0.29) is 0 Å². The third-order valence-electron chi connectivity index (χ3n) is 2.68. The lowest BCUT2D eigenvalue weighted by molar-refractivity contribution is 0.0810. The van der Waals surface area contributed by atoms with Crippen molar-refractivity contribution in [1.82, 2.24) is 10.2 Å². The molecule has 0 spiro atoms. The molecule has 6 nitrogen and oxygen atoms in total. The van der Waals surface area contributed by atoms with E-state index in [2.05, 4.69) is 15.1 Å². The van der Waals surface area contributed by atoms with Crippen LogP contribution in [0, 0.1) is 0 Å². The summed E-state index contributed by atoms with van der Waals surface area (Å²) in [5.74, 6) is 0.485. The van der Waals surface area contributed by atoms with Gasteiger partial charge in [0, 0.05) is 20.2 Å². The Bertz CT molecular complexity index is 307. The van der Waals surface area contributed by atoms with Gasteiger partial charge in [-0.25, -0.2) is 0 Å². The Hall–Kier alpha value is -1.14. The van der Waals surface area contributed by atoms with Crippen molar-refractivity contribution in [3.8, 4) is 0 Å². The second-order valence-corrected chi connectivity index (χ2v) is 3.60. The van der Waals surface area contributed by atoms with Gasteiger partial charge in [0.2, 0.25) is 5.89 Å². The largest absolute Gasteiger partial charge is 0.407 e. The van der Waals surface area contributed by atoms with Crippen molar-refractivity contribution < 1.29 is 9.15 Å². The van der Waals surface area contributed by atoms with Crippen molar-refractivity contribution in [3.63, 3.8) is 0 Å². The number of nitrogens with two attached hydrogens (primary N) is 1. The van der Waals surface area contributed by atoms with Crippen LogP contribution in [0.1, 0.15) is 18.7 Å². The first-order valence-corrected chi connectivity index (χ1v) is 5.13. The molecule has 1 fully saturated rings. The van der Waals surface area contributed by atoms with Crippen molar-refractivity contribution in [1.29, 1.82) is 0 Å². The van der Waals surface area contributed by atoms with Crippen molar-refractivity contribution in [3.05, 3.63) is 5.89 Å². The molecule has 1 aromatic rings. The molecule has 0 unspecified atom stereocenters. The summed E-state index contributed by atoms with van der Waals surface area (Å²) in [4.78, 5) is 2.07. The molecule has 0 bridgehead atoms. The lowest BCUT2D eigenvalue weighted by atomic mass is 10.1. The summed E-state index contributed by atoms with van der Waals surface area (Å²) in [5.41, 5.74) is 5.40. The molecular formula is C9H16N4O2. The fourth-order valence-electron chi connectivity index (χ4n) is 1.74. The Morgan fingerprint density at radius 3 is 2.73 bits per heavy atom. The predicted molar refractivity (Wildman–Crippen MR) is 54.4 cm³/mol. The first kappa shape index (κ1) is 10.4. The van der Waals surface area contributed by atoms with Gasteiger partial charge in [-0.15, -0.1) is 5.10 Å². The number of nitrogens with zero attached hydrogens (tertiary/aromatic N) is 3. The van der Waals surface area contributed by atoms with Crippen molar-refractivity contribution >= 4 is 6.01 Å². The van der Waals surface area contributed by atoms with Gasteiger partial charge in [0.15, 0.2) is 0 Å². The SMILES string of the molecule is COC1CCN(c2nnc(CN)o2)CC1. The normalized spacial score (nSPS) is 18.4. The second kappa shape index (κ2) is 4.59. The van der Waals surface area contributed by atoms with Crippen LogP contribution in [0.25, 0.3) is 0 Å². The number of hydrogen-bond acceptors (Lipinski definition) is 6. The maximum Gasteiger partial charge on any atom is 0.318 e. The monoisotopic (exact) mass is 212 g/mol. The van der Waals surface area contributed by atoms with Gasteiger partial charge in [0.25, 0.3) is 0 Å². The lowest BCUT2D eigenvalue weighted by Gasteiger charge is -2.29. The summed E-state index contributed by atoms with van der Waals surface area (Å²) >= 11 is 0. The standard InChI is InChI=1S/C9H16N4O2/c1-14-7-2-4-13(5-3-7)9-12-11-8(6-10)15-9/h7H,2-6,10H2,1H3. The highest BCUT2D eigenvalue weighted by atomic mass is 16.5. The molecule has 0 atom stereocenters. The first-order chi connectivity index (χ1) is 7.33. The smallest absolute Gasteiger partial charge is 0.318 e. The first-order valence-electron chi connectivity index (χ1n) is 5.13. The van der Waals surface area contributed by atoms with Crippen LogP contribution in [-0.2, 0) is 11.3 Å². The van der Waals surface area contributed by atoms with Gasteiger partial charge in [0.1, 0.15) is 0 Å². The molecule has 0 saturated carbocycles. The summed E-state index contributed by atoms with van der Waals surface area (Å²) in [6.45, 7) is 2.08. The third kappa shape index (κ3) is 2.27. The zero-order chi connectivity index (χ0) is 10.7. The summed E-state index contributed by atoms with van der Waals surface area (Å²) in [7, 11) is 1.75. The number of piperidine rings is 1. The zero-order valence-electron chi connectivity index (χ0n) is 8.85. The molecule has 2 N–H and O–H groups in total. The third-order valence-corrected chi connectivity index (χ3v) is 2.68. The van der Waals surface area contributed by atoms with Crippen molar-refractivity contribution in [2.75, 3.05) is 25.1 Å². The van der Waals surface area contributed by atoms with Crippen LogP contribution in [0.15, 0.2) is 4.42 Å². The molecule has 2 rings (SSSR count). The molecule has 1 saturated heterocycles. The minimum atomic E-state index is 0.293. The second-order valence-electron chi connectivity index (χ2n) is 3.60. The molecule has 1 aliphatic heterocycles. The summed E-state index contributed by atoms with van der Waals surface area (Å²) in [6, 6.07) is 0.574. The van der Waals surface area contributed by atoms with E-state index in [9.17, 15) is 0 Å². The highest BCUT2D eigenvalue weighted by molar-refractivity contribution is 5.24. The Morgan fingerprint density at radius 1 is 1.47 bits per heavy atom. The number of ether oxygens (including phenoxy) is 1. The Labute approximate surface area is 88.4 Å². The summed E-state index contributed by atoms with van der Waals surface area (Å²) in [6.07, 6.45) is 2.35. The highest BCUT2D eigenvalue weighted by Gasteiger charge is 2.22. The number of aromatic nitrogens is 2. The van der Waals surface area contributed by atoms with E-state index in [4.69, 9.17) is 14.9 Å². The Morgan fingerprint density at radius 2 is 2.20 bits per heavy atom. The number of hydrogen-bond donors (Lipinski definition) is 1. The molecule has 0 aliphatic carbocycles. The van der Waals surface area contributed by atoms with E-state index >= 15 is 0 Å². The minimum absolute atomic E-state index is 0.293. The molecule has 6 heteroatoms. The fourth-order valence-corrected chi connectivity index (χ4v) is 1.74.